The number of hydrogen-bond donors (Lipinski definition) is 0. The van der Waals surface area contributed by atoms with Crippen LogP contribution in [0.25, 0.3) is 0 Å². The Morgan fingerprint density at radius 3 is 2.62 bits per heavy atom. The molecule has 4 heteroatoms. The Morgan fingerprint density at radius 2 is 2.23 bits per heavy atom. The van der Waals surface area contributed by atoms with Gasteiger partial charge in [-0.05, 0) is 12.3 Å². The first-order chi connectivity index (χ1) is 6.07. The molecule has 2 rings (SSSR count). The van der Waals surface area contributed by atoms with Crippen molar-refractivity contribution in [2.75, 3.05) is 0 Å². The van der Waals surface area contributed by atoms with E-state index >= 15 is 0 Å². The lowest BCUT2D eigenvalue weighted by Gasteiger charge is -1.94. The monoisotopic (exact) mass is 177 g/mol. The van der Waals surface area contributed by atoms with Crippen LogP contribution in [-0.2, 0) is 0 Å². The average molecular weight is 177 g/mol. The SMILES string of the molecule is Cc1noc(C2C(C#N)C2(C)C)n1. The van der Waals surface area contributed by atoms with Crippen molar-refractivity contribution in [2.24, 2.45) is 11.3 Å². The maximum Gasteiger partial charge on any atom is 0.231 e. The summed E-state index contributed by atoms with van der Waals surface area (Å²) in [6.45, 7) is 5.87. The van der Waals surface area contributed by atoms with Gasteiger partial charge in [0.15, 0.2) is 5.82 Å². The van der Waals surface area contributed by atoms with E-state index in [-0.39, 0.29) is 17.3 Å². The summed E-state index contributed by atoms with van der Waals surface area (Å²) >= 11 is 0. The molecule has 2 atom stereocenters. The van der Waals surface area contributed by atoms with Crippen LogP contribution in [0.4, 0.5) is 0 Å². The molecule has 2 unspecified atom stereocenters. The second-order valence-electron chi connectivity index (χ2n) is 4.09. The maximum absolute atomic E-state index is 8.84. The van der Waals surface area contributed by atoms with Crippen LogP contribution in [0.2, 0.25) is 0 Å². The molecule has 1 aliphatic carbocycles. The Labute approximate surface area is 76.6 Å². The van der Waals surface area contributed by atoms with Gasteiger partial charge in [-0.2, -0.15) is 10.2 Å². The van der Waals surface area contributed by atoms with E-state index in [2.05, 4.69) is 16.2 Å². The fourth-order valence-electron chi connectivity index (χ4n) is 1.78. The molecule has 0 amide bonds. The zero-order valence-corrected chi connectivity index (χ0v) is 7.90. The molecule has 1 aromatic rings. The average Bonchev–Trinajstić information content (AvgIpc) is 2.41. The van der Waals surface area contributed by atoms with Gasteiger partial charge < -0.3 is 4.52 Å². The van der Waals surface area contributed by atoms with E-state index in [1.165, 1.54) is 0 Å². The van der Waals surface area contributed by atoms with Crippen molar-refractivity contribution in [3.05, 3.63) is 11.7 Å². The molecule has 0 aliphatic heterocycles. The largest absolute Gasteiger partial charge is 0.339 e. The summed E-state index contributed by atoms with van der Waals surface area (Å²) in [5, 5.41) is 12.6. The standard InChI is InChI=1S/C9H11N3O/c1-5-11-8(13-12-5)7-6(4-10)9(7,2)3/h6-7H,1-3H3. The smallest absolute Gasteiger partial charge is 0.231 e. The number of nitrogens with zero attached hydrogens (tertiary/aromatic N) is 3. The Hall–Kier alpha value is -1.37. The van der Waals surface area contributed by atoms with Gasteiger partial charge in [0.25, 0.3) is 0 Å². The molecule has 0 bridgehead atoms. The minimum atomic E-state index is -0.00623. The van der Waals surface area contributed by atoms with Crippen molar-refractivity contribution < 1.29 is 4.52 Å². The first-order valence-electron chi connectivity index (χ1n) is 4.27. The number of aryl methyl sites for hydroxylation is 1. The van der Waals surface area contributed by atoms with Crippen LogP contribution < -0.4 is 0 Å². The summed E-state index contributed by atoms with van der Waals surface area (Å²) in [5.74, 6) is 1.38. The van der Waals surface area contributed by atoms with Crippen LogP contribution in [0.5, 0.6) is 0 Å². The Kier molecular flexibility index (Phi) is 1.47. The van der Waals surface area contributed by atoms with E-state index in [4.69, 9.17) is 9.78 Å². The van der Waals surface area contributed by atoms with E-state index in [1.54, 1.807) is 6.92 Å². The van der Waals surface area contributed by atoms with Crippen molar-refractivity contribution in [3.8, 4) is 6.07 Å². The van der Waals surface area contributed by atoms with Crippen LogP contribution in [0.1, 0.15) is 31.5 Å². The fourth-order valence-corrected chi connectivity index (χ4v) is 1.78. The van der Waals surface area contributed by atoms with Crippen molar-refractivity contribution in [2.45, 2.75) is 26.7 Å². The van der Waals surface area contributed by atoms with Gasteiger partial charge in [-0.1, -0.05) is 19.0 Å². The lowest BCUT2D eigenvalue weighted by atomic mass is 10.1. The Morgan fingerprint density at radius 1 is 1.54 bits per heavy atom. The summed E-state index contributed by atoms with van der Waals surface area (Å²) in [4.78, 5) is 4.14. The van der Waals surface area contributed by atoms with Crippen LogP contribution in [0.15, 0.2) is 4.52 Å². The summed E-state index contributed by atoms with van der Waals surface area (Å²) in [6.07, 6.45) is 0. The van der Waals surface area contributed by atoms with Gasteiger partial charge in [-0.25, -0.2) is 0 Å². The molecule has 0 aromatic carbocycles. The van der Waals surface area contributed by atoms with Gasteiger partial charge in [-0.15, -0.1) is 0 Å². The molecule has 4 nitrogen and oxygen atoms in total. The van der Waals surface area contributed by atoms with Crippen LogP contribution in [-0.4, -0.2) is 10.1 Å². The van der Waals surface area contributed by atoms with E-state index in [9.17, 15) is 0 Å². The predicted octanol–water partition coefficient (Wildman–Crippen LogP) is 1.64. The quantitative estimate of drug-likeness (QED) is 0.654. The predicted molar refractivity (Wildman–Crippen MR) is 44.7 cm³/mol. The van der Waals surface area contributed by atoms with Gasteiger partial charge in [0.1, 0.15) is 0 Å². The van der Waals surface area contributed by atoms with Gasteiger partial charge in [0.2, 0.25) is 5.89 Å². The number of rotatable bonds is 1. The van der Waals surface area contributed by atoms with Crippen LogP contribution in [0, 0.1) is 29.6 Å². The molecule has 0 N–H and O–H groups in total. The minimum absolute atomic E-state index is 0.00623. The van der Waals surface area contributed by atoms with E-state index in [0.717, 1.165) is 0 Å². The molecule has 0 spiro atoms. The molecule has 1 fully saturated rings. The summed E-state index contributed by atoms with van der Waals surface area (Å²) in [5.41, 5.74) is -0.00623. The number of nitriles is 1. The molecule has 1 aliphatic rings. The molecule has 13 heavy (non-hydrogen) atoms. The van der Waals surface area contributed by atoms with Crippen molar-refractivity contribution >= 4 is 0 Å². The molecular weight excluding hydrogens is 166 g/mol. The molecule has 0 saturated heterocycles. The maximum atomic E-state index is 8.84. The highest BCUT2D eigenvalue weighted by molar-refractivity contribution is 5.26. The second kappa shape index (κ2) is 2.32. The van der Waals surface area contributed by atoms with Gasteiger partial charge >= 0.3 is 0 Å². The van der Waals surface area contributed by atoms with E-state index in [0.29, 0.717) is 11.7 Å². The van der Waals surface area contributed by atoms with E-state index in [1.807, 2.05) is 13.8 Å². The molecular formula is C9H11N3O. The normalized spacial score (nSPS) is 29.7. The second-order valence-corrected chi connectivity index (χ2v) is 4.09. The zero-order valence-electron chi connectivity index (χ0n) is 7.90. The topological polar surface area (TPSA) is 62.7 Å². The van der Waals surface area contributed by atoms with Crippen molar-refractivity contribution in [3.63, 3.8) is 0 Å². The highest BCUT2D eigenvalue weighted by Crippen LogP contribution is 2.63. The van der Waals surface area contributed by atoms with Crippen molar-refractivity contribution in [1.29, 1.82) is 5.26 Å². The lowest BCUT2D eigenvalue weighted by molar-refractivity contribution is 0.364. The highest BCUT2D eigenvalue weighted by atomic mass is 16.5. The first kappa shape index (κ1) is 8.24. The highest BCUT2D eigenvalue weighted by Gasteiger charge is 2.62. The van der Waals surface area contributed by atoms with Gasteiger partial charge in [-0.3, -0.25) is 0 Å². The molecule has 1 aromatic heterocycles. The lowest BCUT2D eigenvalue weighted by Crippen LogP contribution is -1.90. The third kappa shape index (κ3) is 1.04. The Balaban J connectivity index is 2.27. The Bertz CT molecular complexity index is 374. The first-order valence-corrected chi connectivity index (χ1v) is 4.27. The van der Waals surface area contributed by atoms with Crippen LogP contribution >= 0.6 is 0 Å². The molecule has 0 radical (unpaired) electrons. The summed E-state index contributed by atoms with van der Waals surface area (Å²) in [7, 11) is 0. The van der Waals surface area contributed by atoms with Gasteiger partial charge in [0, 0.05) is 0 Å². The summed E-state index contributed by atoms with van der Waals surface area (Å²) in [6, 6.07) is 2.26. The molecule has 68 valence electrons. The molecule has 1 saturated carbocycles. The minimum Gasteiger partial charge on any atom is -0.339 e. The van der Waals surface area contributed by atoms with Crippen LogP contribution in [0.3, 0.4) is 0 Å². The fraction of sp³-hybridized carbons (Fsp3) is 0.667. The van der Waals surface area contributed by atoms with Gasteiger partial charge in [0.05, 0.1) is 17.9 Å². The third-order valence-electron chi connectivity index (χ3n) is 2.78. The van der Waals surface area contributed by atoms with Crippen molar-refractivity contribution in [1.82, 2.24) is 10.1 Å². The molecule has 1 heterocycles. The third-order valence-corrected chi connectivity index (χ3v) is 2.78. The number of hydrogen-bond acceptors (Lipinski definition) is 4. The summed E-state index contributed by atoms with van der Waals surface area (Å²) < 4.78 is 5.04. The van der Waals surface area contributed by atoms with E-state index < -0.39 is 0 Å². The number of aromatic nitrogens is 2. The zero-order chi connectivity index (χ0) is 9.64.